The second kappa shape index (κ2) is 11.5. The van der Waals surface area contributed by atoms with E-state index in [-0.39, 0.29) is 18.4 Å². The summed E-state index contributed by atoms with van der Waals surface area (Å²) in [5, 5.41) is 5.72. The van der Waals surface area contributed by atoms with Gasteiger partial charge in [-0.1, -0.05) is 30.3 Å². The Morgan fingerprint density at radius 2 is 1.58 bits per heavy atom. The molecule has 3 aromatic carbocycles. The number of carbonyl (C=O) groups excluding carboxylic acids is 3. The van der Waals surface area contributed by atoms with Crippen LogP contribution in [0.2, 0.25) is 0 Å². The van der Waals surface area contributed by atoms with Gasteiger partial charge in [-0.2, -0.15) is 0 Å². The molecule has 0 radical (unpaired) electrons. The number of carbonyl (C=O) groups is 3. The van der Waals surface area contributed by atoms with Crippen molar-refractivity contribution < 1.29 is 23.9 Å². The third kappa shape index (κ3) is 7.50. The van der Waals surface area contributed by atoms with E-state index in [2.05, 4.69) is 10.6 Å². The van der Waals surface area contributed by atoms with Gasteiger partial charge in [0.2, 0.25) is 5.91 Å². The first kappa shape index (κ1) is 23.5. The number of hydrogen-bond acceptors (Lipinski definition) is 5. The quantitative estimate of drug-likeness (QED) is 0.381. The zero-order valence-electron chi connectivity index (χ0n) is 18.6. The highest BCUT2D eigenvalue weighted by Gasteiger charge is 2.09. The van der Waals surface area contributed by atoms with Gasteiger partial charge >= 0.3 is 5.97 Å². The van der Waals surface area contributed by atoms with Crippen molar-refractivity contribution >= 4 is 23.5 Å². The maximum absolute atomic E-state index is 12.5. The Balaban J connectivity index is 1.52. The molecule has 0 heterocycles. The van der Waals surface area contributed by atoms with E-state index in [1.807, 2.05) is 42.5 Å². The van der Waals surface area contributed by atoms with Crippen LogP contribution < -0.4 is 20.1 Å². The van der Waals surface area contributed by atoms with Crippen LogP contribution in [0.25, 0.3) is 0 Å². The summed E-state index contributed by atoms with van der Waals surface area (Å²) in [7, 11) is 1.61. The third-order valence-electron chi connectivity index (χ3n) is 4.80. The normalized spacial score (nSPS) is 10.2. The topological polar surface area (TPSA) is 93.7 Å². The van der Waals surface area contributed by atoms with Crippen molar-refractivity contribution in [2.75, 3.05) is 12.4 Å². The molecule has 0 aliphatic carbocycles. The molecule has 7 nitrogen and oxygen atoms in total. The Bertz CT molecular complexity index is 1140. The minimum Gasteiger partial charge on any atom is -0.497 e. The Kier molecular flexibility index (Phi) is 8.18. The second-order valence-corrected chi connectivity index (χ2v) is 7.40. The average molecular weight is 447 g/mol. The van der Waals surface area contributed by atoms with Gasteiger partial charge in [0, 0.05) is 31.1 Å². The van der Waals surface area contributed by atoms with Gasteiger partial charge in [0.15, 0.2) is 0 Å². The molecule has 2 N–H and O–H groups in total. The standard InChI is InChI=1S/C26H26N2O5/c1-18(29)33-24-11-5-8-21(16-24)26(31)27-17-20-7-3-9-22(14-20)28-25(30)13-12-19-6-4-10-23(15-19)32-2/h3-11,14-16H,12-13,17H2,1-2H3,(H,27,31)(H,28,30). The summed E-state index contributed by atoms with van der Waals surface area (Å²) < 4.78 is 10.2. The molecule has 0 atom stereocenters. The number of hydrogen-bond donors (Lipinski definition) is 2. The molecule has 0 aliphatic heterocycles. The number of esters is 1. The fourth-order valence-corrected chi connectivity index (χ4v) is 3.22. The number of rotatable bonds is 9. The lowest BCUT2D eigenvalue weighted by Crippen LogP contribution is -2.23. The van der Waals surface area contributed by atoms with Gasteiger partial charge < -0.3 is 20.1 Å². The van der Waals surface area contributed by atoms with Crippen molar-refractivity contribution in [1.82, 2.24) is 5.32 Å². The summed E-state index contributed by atoms with van der Waals surface area (Å²) in [6.45, 7) is 1.58. The molecule has 0 aromatic heterocycles. The highest BCUT2D eigenvalue weighted by atomic mass is 16.5. The summed E-state index contributed by atoms with van der Waals surface area (Å²) in [6, 6.07) is 21.4. The van der Waals surface area contributed by atoms with Gasteiger partial charge in [-0.05, 0) is 60.0 Å². The van der Waals surface area contributed by atoms with Crippen molar-refractivity contribution in [3.63, 3.8) is 0 Å². The van der Waals surface area contributed by atoms with Gasteiger partial charge in [-0.15, -0.1) is 0 Å². The molecule has 170 valence electrons. The third-order valence-corrected chi connectivity index (χ3v) is 4.80. The number of aryl methyl sites for hydroxylation is 1. The van der Waals surface area contributed by atoms with E-state index in [0.29, 0.717) is 29.8 Å². The van der Waals surface area contributed by atoms with Crippen LogP contribution in [0.3, 0.4) is 0 Å². The lowest BCUT2D eigenvalue weighted by molar-refractivity contribution is -0.131. The Morgan fingerprint density at radius 3 is 2.36 bits per heavy atom. The minimum absolute atomic E-state index is 0.0960. The van der Waals surface area contributed by atoms with Gasteiger partial charge in [0.05, 0.1) is 7.11 Å². The number of benzene rings is 3. The molecule has 0 saturated carbocycles. The van der Waals surface area contributed by atoms with Crippen molar-refractivity contribution in [2.24, 2.45) is 0 Å². The fourth-order valence-electron chi connectivity index (χ4n) is 3.22. The molecular formula is C26H26N2O5. The molecular weight excluding hydrogens is 420 g/mol. The first-order chi connectivity index (χ1) is 15.9. The van der Waals surface area contributed by atoms with Crippen LogP contribution in [0, 0.1) is 0 Å². The fraction of sp³-hybridized carbons (Fsp3) is 0.192. The van der Waals surface area contributed by atoms with Crippen LogP contribution >= 0.6 is 0 Å². The van der Waals surface area contributed by atoms with E-state index in [0.717, 1.165) is 16.9 Å². The molecule has 7 heteroatoms. The van der Waals surface area contributed by atoms with Gasteiger partial charge in [-0.3, -0.25) is 14.4 Å². The molecule has 0 unspecified atom stereocenters. The molecule has 0 aliphatic rings. The van der Waals surface area contributed by atoms with Crippen molar-refractivity contribution in [2.45, 2.75) is 26.3 Å². The zero-order chi connectivity index (χ0) is 23.6. The van der Waals surface area contributed by atoms with Crippen LogP contribution in [0.4, 0.5) is 5.69 Å². The van der Waals surface area contributed by atoms with E-state index in [9.17, 15) is 14.4 Å². The Hall–Kier alpha value is -4.13. The maximum Gasteiger partial charge on any atom is 0.308 e. The molecule has 0 saturated heterocycles. The van der Waals surface area contributed by atoms with E-state index >= 15 is 0 Å². The molecule has 3 rings (SSSR count). The maximum atomic E-state index is 12.5. The van der Waals surface area contributed by atoms with Crippen LogP contribution in [0.1, 0.15) is 34.8 Å². The number of amides is 2. The summed E-state index contributed by atoms with van der Waals surface area (Å²) >= 11 is 0. The van der Waals surface area contributed by atoms with E-state index < -0.39 is 5.97 Å². The number of anilines is 1. The second-order valence-electron chi connectivity index (χ2n) is 7.40. The molecule has 0 bridgehead atoms. The van der Waals surface area contributed by atoms with E-state index in [4.69, 9.17) is 9.47 Å². The van der Waals surface area contributed by atoms with E-state index in [1.165, 1.54) is 13.0 Å². The Labute approximate surface area is 192 Å². The summed E-state index contributed by atoms with van der Waals surface area (Å²) in [5.41, 5.74) is 2.91. The Morgan fingerprint density at radius 1 is 0.848 bits per heavy atom. The SMILES string of the molecule is COc1cccc(CCC(=O)Nc2cccc(CNC(=O)c3cccc(OC(C)=O)c3)c2)c1. The lowest BCUT2D eigenvalue weighted by atomic mass is 10.1. The highest BCUT2D eigenvalue weighted by molar-refractivity contribution is 5.94. The average Bonchev–Trinajstić information content (AvgIpc) is 2.81. The van der Waals surface area contributed by atoms with E-state index in [1.54, 1.807) is 31.4 Å². The largest absolute Gasteiger partial charge is 0.497 e. The summed E-state index contributed by atoms with van der Waals surface area (Å²) in [5.74, 6) is 0.238. The van der Waals surface area contributed by atoms with Gasteiger partial charge in [0.1, 0.15) is 11.5 Å². The predicted octanol–water partition coefficient (Wildman–Crippen LogP) is 4.12. The number of methoxy groups -OCH3 is 1. The van der Waals surface area contributed by atoms with Crippen molar-refractivity contribution in [3.05, 3.63) is 89.5 Å². The van der Waals surface area contributed by atoms with Crippen LogP contribution in [-0.4, -0.2) is 24.9 Å². The molecule has 3 aromatic rings. The molecule has 2 amide bonds. The summed E-state index contributed by atoms with van der Waals surface area (Å²) in [4.78, 5) is 35.9. The van der Waals surface area contributed by atoms with Crippen molar-refractivity contribution in [3.8, 4) is 11.5 Å². The van der Waals surface area contributed by atoms with Crippen LogP contribution in [-0.2, 0) is 22.6 Å². The zero-order valence-corrected chi connectivity index (χ0v) is 18.6. The molecule has 33 heavy (non-hydrogen) atoms. The van der Waals surface area contributed by atoms with Crippen LogP contribution in [0.5, 0.6) is 11.5 Å². The van der Waals surface area contributed by atoms with Gasteiger partial charge in [0.25, 0.3) is 5.91 Å². The molecule has 0 spiro atoms. The number of ether oxygens (including phenoxy) is 2. The predicted molar refractivity (Wildman–Crippen MR) is 125 cm³/mol. The van der Waals surface area contributed by atoms with Gasteiger partial charge in [-0.25, -0.2) is 0 Å². The highest BCUT2D eigenvalue weighted by Crippen LogP contribution is 2.16. The molecule has 0 fully saturated rings. The van der Waals surface area contributed by atoms with Crippen LogP contribution in [0.15, 0.2) is 72.8 Å². The first-order valence-corrected chi connectivity index (χ1v) is 10.5. The lowest BCUT2D eigenvalue weighted by Gasteiger charge is -2.10. The monoisotopic (exact) mass is 446 g/mol. The smallest absolute Gasteiger partial charge is 0.308 e. The number of nitrogens with one attached hydrogen (secondary N) is 2. The first-order valence-electron chi connectivity index (χ1n) is 10.5. The summed E-state index contributed by atoms with van der Waals surface area (Å²) in [6.07, 6.45) is 0.942. The van der Waals surface area contributed by atoms with Crippen molar-refractivity contribution in [1.29, 1.82) is 0 Å². The minimum atomic E-state index is -0.449.